The van der Waals surface area contributed by atoms with E-state index in [2.05, 4.69) is 15.6 Å². The summed E-state index contributed by atoms with van der Waals surface area (Å²) in [6.07, 6.45) is -0.105. The Morgan fingerprint density at radius 1 is 1.42 bits per heavy atom. The second-order valence-corrected chi connectivity index (χ2v) is 6.55. The minimum atomic E-state index is -0.294. The molecule has 7 nitrogen and oxygen atoms in total. The Balaban J connectivity index is 1.62. The van der Waals surface area contributed by atoms with Gasteiger partial charge in [0.25, 0.3) is 5.22 Å². The molecule has 2 amide bonds. The van der Waals surface area contributed by atoms with E-state index < -0.39 is 0 Å². The number of ether oxygens (including phenoxy) is 2. The van der Waals surface area contributed by atoms with Crippen LogP contribution in [0, 0.1) is 0 Å². The molecular formula is C16H21N3O4S. The standard InChI is InChI=1S/C16H21N3O4S/c1-3-22-14-9-21-8-12(14)18-15(20)17-10-5-6-11-13(7-10)23-16(19-11)24-4-2/h5-7,12,14H,3-4,8-9H2,1-2H3,(H2,17,18,20). The number of benzene rings is 1. The van der Waals surface area contributed by atoms with E-state index in [9.17, 15) is 4.79 Å². The van der Waals surface area contributed by atoms with Crippen molar-refractivity contribution in [2.45, 2.75) is 31.2 Å². The zero-order valence-electron chi connectivity index (χ0n) is 13.7. The molecule has 2 atom stereocenters. The van der Waals surface area contributed by atoms with Crippen LogP contribution in [0.15, 0.2) is 27.8 Å². The highest BCUT2D eigenvalue weighted by Crippen LogP contribution is 2.25. The van der Waals surface area contributed by atoms with Crippen molar-refractivity contribution in [1.82, 2.24) is 10.3 Å². The molecule has 0 aliphatic carbocycles. The summed E-state index contributed by atoms with van der Waals surface area (Å²) in [6.45, 7) is 5.51. The van der Waals surface area contributed by atoms with Crippen LogP contribution < -0.4 is 10.6 Å². The predicted molar refractivity (Wildman–Crippen MR) is 92.6 cm³/mol. The summed E-state index contributed by atoms with van der Waals surface area (Å²) in [7, 11) is 0. The molecule has 1 aromatic carbocycles. The van der Waals surface area contributed by atoms with Crippen LogP contribution in [0.1, 0.15) is 13.8 Å². The molecule has 1 aliphatic rings. The Bertz CT molecular complexity index is 706. The maximum absolute atomic E-state index is 12.2. The van der Waals surface area contributed by atoms with Gasteiger partial charge in [-0.05, 0) is 24.8 Å². The normalized spacial score (nSPS) is 20.4. The van der Waals surface area contributed by atoms with Crippen molar-refractivity contribution in [3.63, 3.8) is 0 Å². The second kappa shape index (κ2) is 7.87. The first kappa shape index (κ1) is 17.1. The molecule has 1 aromatic heterocycles. The molecule has 0 radical (unpaired) electrons. The van der Waals surface area contributed by atoms with Crippen LogP contribution in [0.25, 0.3) is 11.1 Å². The molecule has 1 aliphatic heterocycles. The van der Waals surface area contributed by atoms with E-state index in [-0.39, 0.29) is 18.2 Å². The quantitative estimate of drug-likeness (QED) is 0.779. The fraction of sp³-hybridized carbons (Fsp3) is 0.500. The van der Waals surface area contributed by atoms with E-state index in [4.69, 9.17) is 13.9 Å². The van der Waals surface area contributed by atoms with Crippen molar-refractivity contribution in [2.24, 2.45) is 0 Å². The highest BCUT2D eigenvalue weighted by molar-refractivity contribution is 7.99. The maximum Gasteiger partial charge on any atom is 0.319 e. The van der Waals surface area contributed by atoms with Crippen molar-refractivity contribution in [2.75, 3.05) is 30.9 Å². The van der Waals surface area contributed by atoms with Gasteiger partial charge >= 0.3 is 6.03 Å². The Kier molecular flexibility index (Phi) is 5.60. The smallest absolute Gasteiger partial charge is 0.319 e. The summed E-state index contributed by atoms with van der Waals surface area (Å²) in [6, 6.07) is 4.96. The van der Waals surface area contributed by atoms with Gasteiger partial charge in [-0.25, -0.2) is 9.78 Å². The van der Waals surface area contributed by atoms with Crippen LogP contribution in [0.5, 0.6) is 0 Å². The van der Waals surface area contributed by atoms with Crippen LogP contribution in [-0.4, -0.2) is 48.7 Å². The molecular weight excluding hydrogens is 330 g/mol. The van der Waals surface area contributed by atoms with Gasteiger partial charge in [0.05, 0.1) is 19.3 Å². The molecule has 0 saturated carbocycles. The van der Waals surface area contributed by atoms with Gasteiger partial charge in [0.1, 0.15) is 11.6 Å². The fourth-order valence-electron chi connectivity index (χ4n) is 2.55. The summed E-state index contributed by atoms with van der Waals surface area (Å²) >= 11 is 1.54. The minimum Gasteiger partial charge on any atom is -0.431 e. The number of oxazole rings is 1. The predicted octanol–water partition coefficient (Wildman–Crippen LogP) is 2.87. The maximum atomic E-state index is 12.2. The number of thioether (sulfide) groups is 1. The van der Waals surface area contributed by atoms with Crippen LogP contribution in [0.3, 0.4) is 0 Å². The van der Waals surface area contributed by atoms with Gasteiger partial charge in [0, 0.05) is 18.4 Å². The Morgan fingerprint density at radius 3 is 3.08 bits per heavy atom. The number of urea groups is 1. The number of anilines is 1. The monoisotopic (exact) mass is 351 g/mol. The molecule has 1 fully saturated rings. The molecule has 2 unspecified atom stereocenters. The fourth-order valence-corrected chi connectivity index (χ4v) is 3.11. The first-order chi connectivity index (χ1) is 11.7. The largest absolute Gasteiger partial charge is 0.431 e. The highest BCUT2D eigenvalue weighted by atomic mass is 32.2. The zero-order valence-corrected chi connectivity index (χ0v) is 14.5. The average Bonchev–Trinajstić information content (AvgIpc) is 3.14. The summed E-state index contributed by atoms with van der Waals surface area (Å²) in [4.78, 5) is 16.5. The lowest BCUT2D eigenvalue weighted by Gasteiger charge is -2.19. The Morgan fingerprint density at radius 2 is 2.29 bits per heavy atom. The molecule has 2 aromatic rings. The lowest BCUT2D eigenvalue weighted by atomic mass is 10.2. The number of fused-ring (bicyclic) bond motifs is 1. The summed E-state index contributed by atoms with van der Waals surface area (Å²) in [5.41, 5.74) is 2.08. The van der Waals surface area contributed by atoms with E-state index in [0.29, 0.717) is 36.3 Å². The van der Waals surface area contributed by atoms with Crippen molar-refractivity contribution >= 4 is 34.6 Å². The molecule has 1 saturated heterocycles. The molecule has 130 valence electrons. The van der Waals surface area contributed by atoms with Crippen molar-refractivity contribution in [3.05, 3.63) is 18.2 Å². The molecule has 8 heteroatoms. The number of carbonyl (C=O) groups excluding carboxylic acids is 1. The Hall–Kier alpha value is -1.77. The zero-order chi connectivity index (χ0) is 16.9. The number of aromatic nitrogens is 1. The van der Waals surface area contributed by atoms with Gasteiger partial charge in [0.15, 0.2) is 5.58 Å². The molecule has 2 N–H and O–H groups in total. The minimum absolute atomic E-state index is 0.105. The number of hydrogen-bond acceptors (Lipinski definition) is 6. The van der Waals surface area contributed by atoms with Crippen LogP contribution >= 0.6 is 11.8 Å². The van der Waals surface area contributed by atoms with E-state index in [1.54, 1.807) is 23.9 Å². The molecule has 3 rings (SSSR count). The third-order valence-electron chi connectivity index (χ3n) is 3.62. The topological polar surface area (TPSA) is 85.6 Å². The first-order valence-corrected chi connectivity index (χ1v) is 8.98. The van der Waals surface area contributed by atoms with Gasteiger partial charge in [-0.1, -0.05) is 18.7 Å². The van der Waals surface area contributed by atoms with Gasteiger partial charge < -0.3 is 24.5 Å². The van der Waals surface area contributed by atoms with Crippen molar-refractivity contribution in [3.8, 4) is 0 Å². The number of amides is 2. The van der Waals surface area contributed by atoms with E-state index in [0.717, 1.165) is 11.3 Å². The second-order valence-electron chi connectivity index (χ2n) is 5.33. The third-order valence-corrected chi connectivity index (χ3v) is 4.33. The van der Waals surface area contributed by atoms with Gasteiger partial charge in [-0.2, -0.15) is 0 Å². The number of nitrogens with one attached hydrogen (secondary N) is 2. The van der Waals surface area contributed by atoms with Gasteiger partial charge in [-0.3, -0.25) is 0 Å². The average molecular weight is 351 g/mol. The van der Waals surface area contributed by atoms with Crippen LogP contribution in [0.4, 0.5) is 10.5 Å². The van der Waals surface area contributed by atoms with E-state index >= 15 is 0 Å². The lowest BCUT2D eigenvalue weighted by Crippen LogP contribution is -2.45. The number of carbonyl (C=O) groups is 1. The van der Waals surface area contributed by atoms with E-state index in [1.807, 2.05) is 19.9 Å². The Labute approximate surface area is 144 Å². The van der Waals surface area contributed by atoms with Gasteiger partial charge in [-0.15, -0.1) is 0 Å². The summed E-state index contributed by atoms with van der Waals surface area (Å²) < 4.78 is 16.6. The van der Waals surface area contributed by atoms with Crippen molar-refractivity contribution in [1.29, 1.82) is 0 Å². The van der Waals surface area contributed by atoms with Crippen LogP contribution in [0.2, 0.25) is 0 Å². The van der Waals surface area contributed by atoms with Crippen LogP contribution in [-0.2, 0) is 9.47 Å². The molecule has 0 bridgehead atoms. The number of nitrogens with zero attached hydrogens (tertiary/aromatic N) is 1. The van der Waals surface area contributed by atoms with E-state index in [1.165, 1.54) is 0 Å². The number of rotatable bonds is 6. The van der Waals surface area contributed by atoms with Crippen molar-refractivity contribution < 1.29 is 18.7 Å². The number of hydrogen-bond donors (Lipinski definition) is 2. The lowest BCUT2D eigenvalue weighted by molar-refractivity contribution is 0.0428. The molecule has 2 heterocycles. The molecule has 0 spiro atoms. The summed E-state index contributed by atoms with van der Waals surface area (Å²) in [5, 5.41) is 6.33. The summed E-state index contributed by atoms with van der Waals surface area (Å²) in [5.74, 6) is 0.894. The van der Waals surface area contributed by atoms with Gasteiger partial charge in [0.2, 0.25) is 0 Å². The molecule has 24 heavy (non-hydrogen) atoms. The third kappa shape index (κ3) is 4.00. The SMILES string of the molecule is CCOC1COCC1NC(=O)Nc1ccc2nc(SCC)oc2c1. The first-order valence-electron chi connectivity index (χ1n) is 7.99. The highest BCUT2D eigenvalue weighted by Gasteiger charge is 2.30.